The van der Waals surface area contributed by atoms with Gasteiger partial charge in [0.15, 0.2) is 11.4 Å². The maximum atomic E-state index is 12.1. The van der Waals surface area contributed by atoms with E-state index in [1.807, 2.05) is 30.3 Å². The molecule has 0 unspecified atom stereocenters. The first kappa shape index (κ1) is 26.7. The number of carbonyl (C=O) groups is 2. The number of aliphatic hydroxyl groups excluding tert-OH is 1. The summed E-state index contributed by atoms with van der Waals surface area (Å²) in [6.45, 7) is 2.05. The highest BCUT2D eigenvalue weighted by atomic mass is 32.2. The van der Waals surface area contributed by atoms with Gasteiger partial charge in [0.25, 0.3) is 0 Å². The fourth-order valence-corrected chi connectivity index (χ4v) is 5.00. The van der Waals surface area contributed by atoms with Crippen molar-refractivity contribution in [1.82, 2.24) is 9.97 Å². The van der Waals surface area contributed by atoms with Gasteiger partial charge in [-0.3, -0.25) is 9.59 Å². The lowest BCUT2D eigenvalue weighted by molar-refractivity contribution is -0.268. The summed E-state index contributed by atoms with van der Waals surface area (Å²) in [5.41, 5.74) is 3.05. The van der Waals surface area contributed by atoms with Crippen LogP contribution in [0.15, 0.2) is 72.1 Å². The van der Waals surface area contributed by atoms with Crippen molar-refractivity contribution in [3.63, 3.8) is 0 Å². The van der Waals surface area contributed by atoms with Gasteiger partial charge in [-0.15, -0.1) is 0 Å². The van der Waals surface area contributed by atoms with Crippen LogP contribution in [0.2, 0.25) is 0 Å². The van der Waals surface area contributed by atoms with E-state index in [4.69, 9.17) is 14.6 Å². The highest BCUT2D eigenvalue weighted by molar-refractivity contribution is 7.99. The third kappa shape index (κ3) is 7.36. The molecular weight excluding hydrogens is 494 g/mol. The van der Waals surface area contributed by atoms with Crippen LogP contribution in [0.3, 0.4) is 0 Å². The molecule has 1 saturated heterocycles. The Balaban J connectivity index is 1.55. The molecule has 194 valence electrons. The van der Waals surface area contributed by atoms with Crippen molar-refractivity contribution >= 4 is 29.3 Å². The molecule has 2 heterocycles. The fraction of sp³-hybridized carbons (Fsp3) is 0.333. The van der Waals surface area contributed by atoms with Crippen LogP contribution in [0.25, 0.3) is 0 Å². The molecule has 4 rings (SSSR count). The van der Waals surface area contributed by atoms with E-state index in [9.17, 15) is 14.7 Å². The minimum absolute atomic E-state index is 0.00587. The maximum absolute atomic E-state index is 12.1. The van der Waals surface area contributed by atoms with Gasteiger partial charge in [0.05, 0.1) is 25.2 Å². The van der Waals surface area contributed by atoms with Gasteiger partial charge in [0.2, 0.25) is 5.91 Å². The van der Waals surface area contributed by atoms with Crippen molar-refractivity contribution in [2.24, 2.45) is 5.92 Å². The lowest BCUT2D eigenvalue weighted by atomic mass is 9.91. The molecule has 1 fully saturated rings. The Kier molecular flexibility index (Phi) is 9.24. The van der Waals surface area contributed by atoms with E-state index in [1.54, 1.807) is 36.7 Å². The normalized spacial score (nSPS) is 21.4. The molecule has 1 aliphatic rings. The van der Waals surface area contributed by atoms with Gasteiger partial charge < -0.3 is 25.0 Å². The summed E-state index contributed by atoms with van der Waals surface area (Å²) in [6.07, 6.45) is 1.89. The molecule has 2 aromatic carbocycles. The van der Waals surface area contributed by atoms with E-state index in [1.165, 1.54) is 11.8 Å². The average molecular weight is 524 g/mol. The zero-order valence-electron chi connectivity index (χ0n) is 20.3. The van der Waals surface area contributed by atoms with Crippen molar-refractivity contribution in [3.05, 3.63) is 83.7 Å². The third-order valence-electron chi connectivity index (χ3n) is 6.05. The zero-order valence-corrected chi connectivity index (χ0v) is 21.1. The molecule has 9 nitrogen and oxygen atoms in total. The second-order valence-corrected chi connectivity index (χ2v) is 9.72. The van der Waals surface area contributed by atoms with Crippen molar-refractivity contribution < 1.29 is 29.3 Å². The molecule has 1 aliphatic heterocycles. The van der Waals surface area contributed by atoms with Crippen LogP contribution in [-0.4, -0.2) is 43.9 Å². The summed E-state index contributed by atoms with van der Waals surface area (Å²) in [5.74, 6) is -0.782. The van der Waals surface area contributed by atoms with Gasteiger partial charge in [-0.1, -0.05) is 55.1 Å². The number of carboxylic acid groups (broad SMARTS) is 1. The molecule has 0 spiro atoms. The zero-order chi connectivity index (χ0) is 26.2. The number of hydrogen-bond donors (Lipinski definition) is 3. The number of thioether (sulfide) groups is 1. The molecule has 1 aromatic heterocycles. The van der Waals surface area contributed by atoms with Gasteiger partial charge in [0.1, 0.15) is 0 Å². The van der Waals surface area contributed by atoms with E-state index in [0.29, 0.717) is 16.6 Å². The summed E-state index contributed by atoms with van der Waals surface area (Å²) < 4.78 is 12.9. The number of ether oxygens (including phenoxy) is 2. The topological polar surface area (TPSA) is 131 Å². The van der Waals surface area contributed by atoms with Crippen molar-refractivity contribution in [2.45, 2.75) is 50.0 Å². The van der Waals surface area contributed by atoms with E-state index in [2.05, 4.69) is 22.2 Å². The third-order valence-corrected chi connectivity index (χ3v) is 7.01. The van der Waals surface area contributed by atoms with E-state index >= 15 is 0 Å². The minimum Gasteiger partial charge on any atom is -0.481 e. The molecule has 0 aliphatic carbocycles. The van der Waals surface area contributed by atoms with Gasteiger partial charge in [-0.2, -0.15) is 0 Å². The molecule has 1 amide bonds. The number of hydrogen-bond acceptors (Lipinski definition) is 8. The molecule has 4 atom stereocenters. The molecule has 37 heavy (non-hydrogen) atoms. The minimum atomic E-state index is -1.02. The number of nitrogens with zero attached hydrogens (tertiary/aromatic N) is 2. The number of amides is 1. The number of benzene rings is 2. The fourth-order valence-electron chi connectivity index (χ4n) is 4.03. The Morgan fingerprint density at radius 2 is 1.76 bits per heavy atom. The van der Waals surface area contributed by atoms with Gasteiger partial charge in [-0.05, 0) is 29.3 Å². The Bertz CT molecular complexity index is 1190. The van der Waals surface area contributed by atoms with Crippen LogP contribution in [0.4, 0.5) is 5.69 Å². The Labute approximate surface area is 219 Å². The number of aliphatic hydroxyl groups is 1. The van der Waals surface area contributed by atoms with Crippen molar-refractivity contribution in [3.8, 4) is 0 Å². The lowest BCUT2D eigenvalue weighted by Crippen LogP contribution is -2.38. The van der Waals surface area contributed by atoms with Crippen LogP contribution in [0, 0.1) is 5.92 Å². The van der Waals surface area contributed by atoms with Crippen LogP contribution >= 0.6 is 11.8 Å². The Morgan fingerprint density at radius 1 is 1.00 bits per heavy atom. The molecule has 3 N–H and O–H groups in total. The predicted molar refractivity (Wildman–Crippen MR) is 138 cm³/mol. The molecule has 3 aromatic rings. The SMILES string of the molecule is C[C@H]1[C@@H](CSc2ncccn2)O[C@@H](c2cccc(NC(=O)CCC(=O)O)c2)O[C@H]1c1ccc(CO)cc1. The molecule has 0 radical (unpaired) electrons. The second kappa shape index (κ2) is 12.8. The van der Waals surface area contributed by atoms with Crippen molar-refractivity contribution in [1.29, 1.82) is 0 Å². The number of anilines is 1. The Hall–Kier alpha value is -3.31. The maximum Gasteiger partial charge on any atom is 0.303 e. The monoisotopic (exact) mass is 523 g/mol. The number of rotatable bonds is 10. The van der Waals surface area contributed by atoms with Crippen LogP contribution in [-0.2, 0) is 25.7 Å². The number of carboxylic acids is 1. The van der Waals surface area contributed by atoms with Crippen LogP contribution < -0.4 is 5.32 Å². The molecule has 10 heteroatoms. The molecule has 0 saturated carbocycles. The highest BCUT2D eigenvalue weighted by Crippen LogP contribution is 2.43. The molecular formula is C27H29N3O6S. The summed E-state index contributed by atoms with van der Waals surface area (Å²) in [7, 11) is 0. The first-order chi connectivity index (χ1) is 17.9. The number of carbonyl (C=O) groups excluding carboxylic acids is 1. The molecule has 0 bridgehead atoms. The summed E-state index contributed by atoms with van der Waals surface area (Å²) in [5, 5.41) is 21.6. The number of nitrogens with one attached hydrogen (secondary N) is 1. The smallest absolute Gasteiger partial charge is 0.303 e. The Morgan fingerprint density at radius 3 is 2.46 bits per heavy atom. The van der Waals surface area contributed by atoms with Crippen molar-refractivity contribution in [2.75, 3.05) is 11.1 Å². The number of aliphatic carboxylic acids is 1. The van der Waals surface area contributed by atoms with E-state index < -0.39 is 12.3 Å². The average Bonchev–Trinajstić information content (AvgIpc) is 2.92. The number of aromatic nitrogens is 2. The quantitative estimate of drug-likeness (QED) is 0.262. The first-order valence-electron chi connectivity index (χ1n) is 11.9. The standard InChI is InChI=1S/C27H29N3O6S/c1-17-22(16-37-27-28-12-3-13-29-27)35-26(36-25(17)19-8-6-18(15-31)7-9-19)20-4-2-5-21(14-20)30-23(32)10-11-24(33)34/h2-9,12-14,17,22,25-26,31H,10-11,15-16H2,1H3,(H,30,32)(H,33,34)/t17-,22+,25+,26+/m0/s1. The lowest BCUT2D eigenvalue weighted by Gasteiger charge is -2.41. The van der Waals surface area contributed by atoms with E-state index in [0.717, 1.165) is 16.7 Å². The van der Waals surface area contributed by atoms with Gasteiger partial charge in [-0.25, -0.2) is 9.97 Å². The summed E-state index contributed by atoms with van der Waals surface area (Å²) in [4.78, 5) is 31.5. The second-order valence-electron chi connectivity index (χ2n) is 8.73. The van der Waals surface area contributed by atoms with Crippen LogP contribution in [0.1, 0.15) is 48.8 Å². The first-order valence-corrected chi connectivity index (χ1v) is 12.9. The summed E-state index contributed by atoms with van der Waals surface area (Å²) >= 11 is 1.51. The highest BCUT2D eigenvalue weighted by Gasteiger charge is 2.38. The largest absolute Gasteiger partial charge is 0.481 e. The van der Waals surface area contributed by atoms with Crippen LogP contribution in [0.5, 0.6) is 0 Å². The summed E-state index contributed by atoms with van der Waals surface area (Å²) in [6, 6.07) is 16.6. The van der Waals surface area contributed by atoms with Gasteiger partial charge in [0, 0.05) is 41.7 Å². The van der Waals surface area contributed by atoms with Gasteiger partial charge >= 0.3 is 5.97 Å². The predicted octanol–water partition coefficient (Wildman–Crippen LogP) is 4.36. The van der Waals surface area contributed by atoms with E-state index in [-0.39, 0.29) is 43.5 Å².